The van der Waals surface area contributed by atoms with Crippen LogP contribution in [0, 0.1) is 18.8 Å². The smallest absolute Gasteiger partial charge is 0.259 e. The SMILES string of the molecule is Cc1cc(C#Cc2ccc(Cl)s2)cc(-c2nc(NC(=O)c3cccnc3)sc2-c2ccncc2)c1. The molecule has 5 nitrogen and oxygen atoms in total. The molecule has 0 aliphatic carbocycles. The molecule has 4 heterocycles. The number of pyridine rings is 2. The molecular weight excluding hydrogens is 496 g/mol. The van der Waals surface area contributed by atoms with E-state index in [9.17, 15) is 4.79 Å². The molecule has 1 amide bonds. The van der Waals surface area contributed by atoms with Gasteiger partial charge in [0, 0.05) is 35.9 Å². The van der Waals surface area contributed by atoms with Gasteiger partial charge < -0.3 is 0 Å². The fourth-order valence-electron chi connectivity index (χ4n) is 3.44. The van der Waals surface area contributed by atoms with Crippen molar-refractivity contribution in [1.82, 2.24) is 15.0 Å². The van der Waals surface area contributed by atoms with Gasteiger partial charge in [-0.15, -0.1) is 11.3 Å². The van der Waals surface area contributed by atoms with Crippen molar-refractivity contribution in [2.45, 2.75) is 6.92 Å². The third-order valence-corrected chi connectivity index (χ3v) is 7.13. The molecule has 0 radical (unpaired) electrons. The van der Waals surface area contributed by atoms with Crippen LogP contribution in [0.2, 0.25) is 4.34 Å². The maximum absolute atomic E-state index is 12.7. The fraction of sp³-hybridized carbons (Fsp3) is 0.0370. The first-order valence-electron chi connectivity index (χ1n) is 10.6. The van der Waals surface area contributed by atoms with Crippen LogP contribution in [-0.4, -0.2) is 20.9 Å². The van der Waals surface area contributed by atoms with Gasteiger partial charge in [0.25, 0.3) is 5.91 Å². The summed E-state index contributed by atoms with van der Waals surface area (Å²) in [6, 6.07) is 17.2. The van der Waals surface area contributed by atoms with E-state index in [4.69, 9.17) is 16.6 Å². The second-order valence-corrected chi connectivity index (χ2v) is 10.3. The van der Waals surface area contributed by atoms with Gasteiger partial charge in [-0.25, -0.2) is 4.98 Å². The number of hydrogen-bond acceptors (Lipinski definition) is 6. The van der Waals surface area contributed by atoms with E-state index < -0.39 is 0 Å². The average Bonchev–Trinajstić information content (AvgIpc) is 3.49. The predicted octanol–water partition coefficient (Wildman–Crippen LogP) is 6.94. The van der Waals surface area contributed by atoms with Gasteiger partial charge in [0.2, 0.25) is 0 Å². The van der Waals surface area contributed by atoms with E-state index in [0.29, 0.717) is 15.0 Å². The summed E-state index contributed by atoms with van der Waals surface area (Å²) in [4.78, 5) is 27.5. The zero-order valence-electron chi connectivity index (χ0n) is 18.4. The van der Waals surface area contributed by atoms with Gasteiger partial charge in [-0.3, -0.25) is 20.1 Å². The molecule has 0 saturated carbocycles. The summed E-state index contributed by atoms with van der Waals surface area (Å²) < 4.78 is 0.713. The van der Waals surface area contributed by atoms with Gasteiger partial charge in [0.05, 0.1) is 25.3 Å². The Morgan fingerprint density at radius 3 is 2.54 bits per heavy atom. The van der Waals surface area contributed by atoms with E-state index in [-0.39, 0.29) is 5.91 Å². The zero-order chi connectivity index (χ0) is 24.2. The highest BCUT2D eigenvalue weighted by Crippen LogP contribution is 2.39. The van der Waals surface area contributed by atoms with Crippen LogP contribution in [0.25, 0.3) is 21.7 Å². The number of carbonyl (C=O) groups is 1. The number of halogens is 1. The number of benzene rings is 1. The normalized spacial score (nSPS) is 10.5. The fourth-order valence-corrected chi connectivity index (χ4v) is 5.33. The molecule has 0 spiro atoms. The minimum absolute atomic E-state index is 0.259. The van der Waals surface area contributed by atoms with E-state index in [2.05, 4.69) is 33.2 Å². The number of aryl methyl sites for hydroxylation is 1. The molecule has 35 heavy (non-hydrogen) atoms. The third kappa shape index (κ3) is 5.47. The van der Waals surface area contributed by atoms with Crippen LogP contribution >= 0.6 is 34.3 Å². The highest BCUT2D eigenvalue weighted by molar-refractivity contribution is 7.19. The van der Waals surface area contributed by atoms with Gasteiger partial charge in [-0.05, 0) is 72.6 Å². The Morgan fingerprint density at radius 1 is 0.943 bits per heavy atom. The number of nitrogens with zero attached hydrogens (tertiary/aromatic N) is 3. The number of rotatable bonds is 4. The minimum Gasteiger partial charge on any atom is -0.298 e. The number of nitrogens with one attached hydrogen (secondary N) is 1. The van der Waals surface area contributed by atoms with Crippen LogP contribution in [0.15, 0.2) is 79.4 Å². The quantitative estimate of drug-likeness (QED) is 0.265. The Balaban J connectivity index is 1.55. The Bertz CT molecular complexity index is 1570. The lowest BCUT2D eigenvalue weighted by Crippen LogP contribution is -2.11. The monoisotopic (exact) mass is 512 g/mol. The number of hydrogen-bond donors (Lipinski definition) is 1. The lowest BCUT2D eigenvalue weighted by atomic mass is 10.0. The summed E-state index contributed by atoms with van der Waals surface area (Å²) in [5.41, 5.74) is 5.06. The van der Waals surface area contributed by atoms with Crippen molar-refractivity contribution in [1.29, 1.82) is 0 Å². The van der Waals surface area contributed by atoms with Crippen molar-refractivity contribution < 1.29 is 4.79 Å². The van der Waals surface area contributed by atoms with Gasteiger partial charge in [-0.1, -0.05) is 34.8 Å². The van der Waals surface area contributed by atoms with E-state index in [1.165, 1.54) is 28.9 Å². The van der Waals surface area contributed by atoms with Crippen LogP contribution in [-0.2, 0) is 0 Å². The summed E-state index contributed by atoms with van der Waals surface area (Å²) in [6.07, 6.45) is 6.64. The van der Waals surface area contributed by atoms with Crippen molar-refractivity contribution in [3.8, 4) is 33.5 Å². The molecule has 8 heteroatoms. The molecular formula is C27H17ClN4OS2. The molecule has 5 aromatic rings. The summed E-state index contributed by atoms with van der Waals surface area (Å²) in [7, 11) is 0. The van der Waals surface area contributed by atoms with Crippen molar-refractivity contribution >= 4 is 45.3 Å². The molecule has 0 unspecified atom stereocenters. The lowest BCUT2D eigenvalue weighted by Gasteiger charge is -2.05. The molecule has 1 aromatic carbocycles. The van der Waals surface area contributed by atoms with Crippen molar-refractivity contribution in [2.75, 3.05) is 5.32 Å². The molecule has 0 saturated heterocycles. The number of thiazole rings is 1. The Labute approximate surface area is 215 Å². The summed E-state index contributed by atoms with van der Waals surface area (Å²) in [6.45, 7) is 2.03. The molecule has 5 rings (SSSR count). The molecule has 0 aliphatic heterocycles. The van der Waals surface area contributed by atoms with Crippen molar-refractivity contribution in [3.05, 3.63) is 105 Å². The van der Waals surface area contributed by atoms with E-state index >= 15 is 0 Å². The number of anilines is 1. The molecule has 0 aliphatic rings. The topological polar surface area (TPSA) is 67.8 Å². The molecule has 1 N–H and O–H groups in total. The van der Waals surface area contributed by atoms with Crippen molar-refractivity contribution in [2.24, 2.45) is 0 Å². The predicted molar refractivity (Wildman–Crippen MR) is 143 cm³/mol. The van der Waals surface area contributed by atoms with Crippen LogP contribution < -0.4 is 5.32 Å². The second-order valence-electron chi connectivity index (χ2n) is 7.57. The Hall–Kier alpha value is -3.83. The number of amides is 1. The van der Waals surface area contributed by atoms with Gasteiger partial charge in [0.15, 0.2) is 5.13 Å². The Kier molecular flexibility index (Phi) is 6.68. The van der Waals surface area contributed by atoms with Crippen molar-refractivity contribution in [3.63, 3.8) is 0 Å². The summed E-state index contributed by atoms with van der Waals surface area (Å²) in [5.74, 6) is 6.16. The Morgan fingerprint density at radius 2 is 1.80 bits per heavy atom. The van der Waals surface area contributed by atoms with Crippen LogP contribution in [0.4, 0.5) is 5.13 Å². The molecule has 0 atom stereocenters. The summed E-state index contributed by atoms with van der Waals surface area (Å²) in [5, 5.41) is 3.41. The maximum atomic E-state index is 12.7. The third-order valence-electron chi connectivity index (χ3n) is 4.97. The molecule has 4 aromatic heterocycles. The first-order valence-corrected chi connectivity index (χ1v) is 12.6. The molecule has 170 valence electrons. The first-order chi connectivity index (χ1) is 17.0. The highest BCUT2D eigenvalue weighted by atomic mass is 35.5. The lowest BCUT2D eigenvalue weighted by molar-refractivity contribution is 0.102. The van der Waals surface area contributed by atoms with Crippen LogP contribution in [0.5, 0.6) is 0 Å². The molecule has 0 fully saturated rings. The highest BCUT2D eigenvalue weighted by Gasteiger charge is 2.18. The standard InChI is InChI=1S/C27H17ClN4OS2/c1-17-13-18(4-5-22-6-7-23(28)34-22)15-21(14-17)24-25(19-8-11-29-12-9-19)35-27(31-24)32-26(33)20-3-2-10-30-16-20/h2-3,6-16H,1H3,(H,31,32,33). The van der Waals surface area contributed by atoms with E-state index in [1.807, 2.05) is 43.3 Å². The molecule has 0 bridgehead atoms. The zero-order valence-corrected chi connectivity index (χ0v) is 20.8. The average molecular weight is 513 g/mol. The van der Waals surface area contributed by atoms with Crippen LogP contribution in [0.1, 0.15) is 26.4 Å². The number of aromatic nitrogens is 3. The minimum atomic E-state index is -0.259. The maximum Gasteiger partial charge on any atom is 0.259 e. The largest absolute Gasteiger partial charge is 0.298 e. The second kappa shape index (κ2) is 10.2. The number of carbonyl (C=O) groups excluding carboxylic acids is 1. The first kappa shape index (κ1) is 22.9. The number of thiophene rings is 1. The van der Waals surface area contributed by atoms with Gasteiger partial charge >= 0.3 is 0 Å². The van der Waals surface area contributed by atoms with Crippen LogP contribution in [0.3, 0.4) is 0 Å². The van der Waals surface area contributed by atoms with E-state index in [0.717, 1.165) is 37.7 Å². The summed E-state index contributed by atoms with van der Waals surface area (Å²) >= 11 is 8.90. The van der Waals surface area contributed by atoms with Gasteiger partial charge in [-0.2, -0.15) is 0 Å². The van der Waals surface area contributed by atoms with Gasteiger partial charge in [0.1, 0.15) is 0 Å². The van der Waals surface area contributed by atoms with E-state index in [1.54, 1.807) is 30.7 Å².